The van der Waals surface area contributed by atoms with Crippen LogP contribution in [0.15, 0.2) is 18.2 Å². The van der Waals surface area contributed by atoms with Crippen molar-refractivity contribution in [2.75, 3.05) is 6.61 Å². The van der Waals surface area contributed by atoms with Gasteiger partial charge >= 0.3 is 0 Å². The highest BCUT2D eigenvalue weighted by atomic mass is 16.5. The molecule has 1 aliphatic carbocycles. The molecule has 0 amide bonds. The van der Waals surface area contributed by atoms with Gasteiger partial charge in [-0.3, -0.25) is 0 Å². The van der Waals surface area contributed by atoms with Crippen LogP contribution in [-0.2, 0) is 0 Å². The molecule has 1 fully saturated rings. The molecule has 0 aliphatic heterocycles. The Labute approximate surface area is 105 Å². The molecule has 0 unspecified atom stereocenters. The molecule has 0 N–H and O–H groups in total. The van der Waals surface area contributed by atoms with Gasteiger partial charge in [0.1, 0.15) is 5.75 Å². The van der Waals surface area contributed by atoms with E-state index in [0.29, 0.717) is 5.92 Å². The van der Waals surface area contributed by atoms with Crippen molar-refractivity contribution in [1.29, 1.82) is 0 Å². The SMILES string of the molecule is C[C](C)c1cc(OCC(C)C)cc(C2CC2)c1. The second-order valence-electron chi connectivity index (χ2n) is 5.77. The first-order valence-electron chi connectivity index (χ1n) is 6.64. The number of hydrogen-bond acceptors (Lipinski definition) is 1. The zero-order valence-corrected chi connectivity index (χ0v) is 11.4. The molecule has 1 aliphatic rings. The van der Waals surface area contributed by atoms with Gasteiger partial charge in [-0.15, -0.1) is 0 Å². The van der Waals surface area contributed by atoms with Gasteiger partial charge in [0.05, 0.1) is 6.61 Å². The molecular weight excluding hydrogens is 208 g/mol. The minimum absolute atomic E-state index is 0.578. The summed E-state index contributed by atoms with van der Waals surface area (Å²) in [6, 6.07) is 6.73. The molecule has 1 aromatic carbocycles. The van der Waals surface area contributed by atoms with E-state index in [-0.39, 0.29) is 0 Å². The molecule has 0 bridgehead atoms. The minimum Gasteiger partial charge on any atom is -0.493 e. The van der Waals surface area contributed by atoms with Crippen LogP contribution in [0.3, 0.4) is 0 Å². The number of hydrogen-bond donors (Lipinski definition) is 0. The Morgan fingerprint density at radius 3 is 2.47 bits per heavy atom. The molecule has 0 atom stereocenters. The number of ether oxygens (including phenoxy) is 1. The van der Waals surface area contributed by atoms with E-state index in [9.17, 15) is 0 Å². The molecule has 0 spiro atoms. The Morgan fingerprint density at radius 2 is 1.94 bits per heavy atom. The first kappa shape index (κ1) is 12.5. The van der Waals surface area contributed by atoms with Gasteiger partial charge in [0, 0.05) is 0 Å². The second kappa shape index (κ2) is 5.12. The van der Waals surface area contributed by atoms with Gasteiger partial charge in [-0.05, 0) is 53.9 Å². The van der Waals surface area contributed by atoms with Crippen molar-refractivity contribution in [1.82, 2.24) is 0 Å². The van der Waals surface area contributed by atoms with Gasteiger partial charge in [0.25, 0.3) is 0 Å². The fourth-order valence-corrected chi connectivity index (χ4v) is 1.91. The maximum atomic E-state index is 5.86. The fraction of sp³-hybridized carbons (Fsp3) is 0.562. The molecule has 1 radical (unpaired) electrons. The average Bonchev–Trinajstić information content (AvgIpc) is 3.09. The van der Waals surface area contributed by atoms with Crippen LogP contribution in [0.5, 0.6) is 5.75 Å². The fourth-order valence-electron chi connectivity index (χ4n) is 1.91. The summed E-state index contributed by atoms with van der Waals surface area (Å²) in [5.74, 6) is 3.77. The molecule has 1 nitrogen and oxygen atoms in total. The van der Waals surface area contributed by atoms with Crippen molar-refractivity contribution in [2.45, 2.75) is 46.5 Å². The quantitative estimate of drug-likeness (QED) is 0.721. The Hall–Kier alpha value is -0.980. The zero-order chi connectivity index (χ0) is 12.4. The molecular formula is C16H23O. The molecule has 2 rings (SSSR count). The first-order chi connectivity index (χ1) is 8.06. The van der Waals surface area contributed by atoms with Gasteiger partial charge in [-0.1, -0.05) is 33.8 Å². The smallest absolute Gasteiger partial charge is 0.119 e. The predicted octanol–water partition coefficient (Wildman–Crippen LogP) is 4.56. The van der Waals surface area contributed by atoms with Crippen molar-refractivity contribution in [3.63, 3.8) is 0 Å². The van der Waals surface area contributed by atoms with Crippen LogP contribution in [0.4, 0.5) is 0 Å². The van der Waals surface area contributed by atoms with E-state index in [0.717, 1.165) is 18.3 Å². The van der Waals surface area contributed by atoms with Crippen molar-refractivity contribution in [3.8, 4) is 5.75 Å². The van der Waals surface area contributed by atoms with E-state index >= 15 is 0 Å². The van der Waals surface area contributed by atoms with Crippen LogP contribution in [0, 0.1) is 11.8 Å². The summed E-state index contributed by atoms with van der Waals surface area (Å²) in [5, 5.41) is 0. The van der Waals surface area contributed by atoms with E-state index in [1.165, 1.54) is 29.9 Å². The summed E-state index contributed by atoms with van der Waals surface area (Å²) in [6.45, 7) is 9.50. The van der Waals surface area contributed by atoms with Gasteiger partial charge in [0.15, 0.2) is 0 Å². The third-order valence-corrected chi connectivity index (χ3v) is 3.14. The third-order valence-electron chi connectivity index (χ3n) is 3.14. The zero-order valence-electron chi connectivity index (χ0n) is 11.4. The highest BCUT2D eigenvalue weighted by Crippen LogP contribution is 2.42. The van der Waals surface area contributed by atoms with Gasteiger partial charge in [0.2, 0.25) is 0 Å². The molecule has 0 saturated heterocycles. The highest BCUT2D eigenvalue weighted by molar-refractivity contribution is 5.42. The molecule has 1 saturated carbocycles. The highest BCUT2D eigenvalue weighted by Gasteiger charge is 2.24. The molecule has 1 aromatic rings. The van der Waals surface area contributed by atoms with Crippen LogP contribution < -0.4 is 4.74 Å². The van der Waals surface area contributed by atoms with Crippen molar-refractivity contribution in [3.05, 3.63) is 35.2 Å². The Kier molecular flexibility index (Phi) is 3.76. The lowest BCUT2D eigenvalue weighted by Crippen LogP contribution is -2.05. The topological polar surface area (TPSA) is 9.23 Å². The van der Waals surface area contributed by atoms with Crippen LogP contribution in [0.1, 0.15) is 57.6 Å². The Bertz CT molecular complexity index is 355. The van der Waals surface area contributed by atoms with Crippen LogP contribution >= 0.6 is 0 Å². The summed E-state index contributed by atoms with van der Waals surface area (Å²) in [5.41, 5.74) is 2.79. The molecule has 1 heteroatoms. The maximum Gasteiger partial charge on any atom is 0.119 e. The Balaban J connectivity index is 2.18. The third kappa shape index (κ3) is 3.49. The summed E-state index contributed by atoms with van der Waals surface area (Å²) in [7, 11) is 0. The minimum atomic E-state index is 0.578. The van der Waals surface area contributed by atoms with Gasteiger partial charge in [-0.25, -0.2) is 0 Å². The number of rotatable bonds is 5. The largest absolute Gasteiger partial charge is 0.493 e. The van der Waals surface area contributed by atoms with Crippen molar-refractivity contribution >= 4 is 0 Å². The molecule has 17 heavy (non-hydrogen) atoms. The first-order valence-corrected chi connectivity index (χ1v) is 6.64. The van der Waals surface area contributed by atoms with Crippen LogP contribution in [-0.4, -0.2) is 6.61 Å². The van der Waals surface area contributed by atoms with Crippen molar-refractivity contribution < 1.29 is 4.74 Å². The van der Waals surface area contributed by atoms with E-state index < -0.39 is 0 Å². The number of benzene rings is 1. The standard InChI is InChI=1S/C16H23O/c1-11(2)10-17-16-8-14(12(3)4)7-15(9-16)13-5-6-13/h7-9,11,13H,5-6,10H2,1-4H3. The lowest BCUT2D eigenvalue weighted by Gasteiger charge is -2.14. The van der Waals surface area contributed by atoms with E-state index in [1.807, 2.05) is 0 Å². The van der Waals surface area contributed by atoms with Crippen LogP contribution in [0.2, 0.25) is 0 Å². The van der Waals surface area contributed by atoms with Gasteiger partial charge < -0.3 is 4.74 Å². The lowest BCUT2D eigenvalue weighted by molar-refractivity contribution is 0.270. The lowest BCUT2D eigenvalue weighted by atomic mass is 9.98. The summed E-state index contributed by atoms with van der Waals surface area (Å²) < 4.78 is 5.86. The second-order valence-corrected chi connectivity index (χ2v) is 5.77. The summed E-state index contributed by atoms with van der Waals surface area (Å²) >= 11 is 0. The van der Waals surface area contributed by atoms with E-state index in [2.05, 4.69) is 45.9 Å². The summed E-state index contributed by atoms with van der Waals surface area (Å²) in [4.78, 5) is 0. The predicted molar refractivity (Wildman–Crippen MR) is 72.4 cm³/mol. The van der Waals surface area contributed by atoms with E-state index in [4.69, 9.17) is 4.74 Å². The van der Waals surface area contributed by atoms with Gasteiger partial charge in [-0.2, -0.15) is 0 Å². The molecule has 0 heterocycles. The Morgan fingerprint density at radius 1 is 1.24 bits per heavy atom. The monoisotopic (exact) mass is 231 g/mol. The van der Waals surface area contributed by atoms with Crippen molar-refractivity contribution in [2.24, 2.45) is 5.92 Å². The van der Waals surface area contributed by atoms with Crippen LogP contribution in [0.25, 0.3) is 0 Å². The molecule has 93 valence electrons. The summed E-state index contributed by atoms with van der Waals surface area (Å²) in [6.07, 6.45) is 2.69. The average molecular weight is 231 g/mol. The maximum absolute atomic E-state index is 5.86. The van der Waals surface area contributed by atoms with E-state index in [1.54, 1.807) is 0 Å². The molecule has 0 aromatic heterocycles. The normalized spacial score (nSPS) is 15.6.